The van der Waals surface area contributed by atoms with Crippen LogP contribution in [0.25, 0.3) is 0 Å². The molecule has 1 atom stereocenters. The number of piperidine rings is 1. The van der Waals surface area contributed by atoms with Crippen LogP contribution >= 0.6 is 0 Å². The van der Waals surface area contributed by atoms with Crippen molar-refractivity contribution < 1.29 is 9.53 Å². The molecule has 5 nitrogen and oxygen atoms in total. The normalized spacial score (nSPS) is 17.6. The largest absolute Gasteiger partial charge is 0.445 e. The molecule has 0 aromatic heterocycles. The zero-order valence-corrected chi connectivity index (χ0v) is 11.7. The minimum absolute atomic E-state index is 0.169. The minimum Gasteiger partial charge on any atom is -0.445 e. The number of hydrogen-bond donors (Lipinski definition) is 0. The molecular weight excluding hydrogens is 256 g/mol. The number of hydrogen-bond acceptors (Lipinski definition) is 4. The van der Waals surface area contributed by atoms with E-state index in [-0.39, 0.29) is 18.1 Å². The van der Waals surface area contributed by atoms with Crippen molar-refractivity contribution in [2.45, 2.75) is 32.4 Å². The van der Waals surface area contributed by atoms with Crippen LogP contribution in [0.4, 0.5) is 4.79 Å². The van der Waals surface area contributed by atoms with E-state index in [1.165, 1.54) is 0 Å². The Hall–Kier alpha value is -1.91. The van der Waals surface area contributed by atoms with Gasteiger partial charge in [-0.1, -0.05) is 35.5 Å². The van der Waals surface area contributed by atoms with E-state index in [2.05, 4.69) is 5.18 Å². The first-order valence-corrected chi connectivity index (χ1v) is 6.99. The standard InChI is InChI=1S/C15H20N2O3/c1-12(16-19)14-7-9-17(10-8-14)15(18)20-11-13-5-3-2-4-6-13/h2-6,12,14H,7-11H2,1H3. The molecule has 1 aromatic rings. The Morgan fingerprint density at radius 1 is 1.35 bits per heavy atom. The predicted molar refractivity (Wildman–Crippen MR) is 76.2 cm³/mol. The third kappa shape index (κ3) is 3.79. The second-order valence-corrected chi connectivity index (χ2v) is 5.21. The van der Waals surface area contributed by atoms with E-state index >= 15 is 0 Å². The maximum atomic E-state index is 11.9. The highest BCUT2D eigenvalue weighted by Gasteiger charge is 2.27. The molecule has 1 aliphatic rings. The number of nitrogens with zero attached hydrogens (tertiary/aromatic N) is 2. The van der Waals surface area contributed by atoms with Gasteiger partial charge >= 0.3 is 6.09 Å². The third-order valence-electron chi connectivity index (χ3n) is 3.85. The Kier molecular flexibility index (Phi) is 5.09. The van der Waals surface area contributed by atoms with Gasteiger partial charge in [0, 0.05) is 13.1 Å². The van der Waals surface area contributed by atoms with Gasteiger partial charge in [0.25, 0.3) is 0 Å². The summed E-state index contributed by atoms with van der Waals surface area (Å²) in [6.45, 7) is 3.41. The molecule has 5 heteroatoms. The molecule has 2 rings (SSSR count). The second kappa shape index (κ2) is 7.03. The highest BCUT2D eigenvalue weighted by Crippen LogP contribution is 2.22. The van der Waals surface area contributed by atoms with Crippen LogP contribution in [0.3, 0.4) is 0 Å². The number of benzene rings is 1. The van der Waals surface area contributed by atoms with Crippen LogP contribution < -0.4 is 0 Å². The summed E-state index contributed by atoms with van der Waals surface area (Å²) in [7, 11) is 0. The fraction of sp³-hybridized carbons (Fsp3) is 0.533. The van der Waals surface area contributed by atoms with E-state index in [9.17, 15) is 9.70 Å². The smallest absolute Gasteiger partial charge is 0.410 e. The van der Waals surface area contributed by atoms with Gasteiger partial charge in [-0.25, -0.2) is 4.79 Å². The van der Waals surface area contributed by atoms with Gasteiger partial charge in [0.05, 0.1) is 6.04 Å². The molecule has 1 saturated heterocycles. The highest BCUT2D eigenvalue weighted by atomic mass is 16.6. The number of carbonyl (C=O) groups excluding carboxylic acids is 1. The van der Waals surface area contributed by atoms with E-state index in [0.29, 0.717) is 19.7 Å². The van der Waals surface area contributed by atoms with Crippen LogP contribution in [-0.2, 0) is 11.3 Å². The second-order valence-electron chi connectivity index (χ2n) is 5.21. The number of likely N-dealkylation sites (tertiary alicyclic amines) is 1. The Morgan fingerprint density at radius 2 is 2.00 bits per heavy atom. The third-order valence-corrected chi connectivity index (χ3v) is 3.85. The number of rotatable bonds is 4. The Morgan fingerprint density at radius 3 is 2.60 bits per heavy atom. The summed E-state index contributed by atoms with van der Waals surface area (Å²) < 4.78 is 5.29. The average molecular weight is 276 g/mol. The molecule has 0 bridgehead atoms. The average Bonchev–Trinajstić information content (AvgIpc) is 2.53. The van der Waals surface area contributed by atoms with E-state index in [1.807, 2.05) is 37.3 Å². The molecule has 20 heavy (non-hydrogen) atoms. The summed E-state index contributed by atoms with van der Waals surface area (Å²) in [5.74, 6) is 0.283. The van der Waals surface area contributed by atoms with Crippen molar-refractivity contribution in [3.63, 3.8) is 0 Å². The molecule has 1 fully saturated rings. The quantitative estimate of drug-likeness (QED) is 0.793. The van der Waals surface area contributed by atoms with E-state index < -0.39 is 0 Å². The summed E-state index contributed by atoms with van der Waals surface area (Å²) in [4.78, 5) is 24.2. The van der Waals surface area contributed by atoms with Crippen LogP contribution in [0.1, 0.15) is 25.3 Å². The van der Waals surface area contributed by atoms with Gasteiger partial charge in [-0.05, 0) is 31.2 Å². The summed E-state index contributed by atoms with van der Waals surface area (Å²) >= 11 is 0. The fourth-order valence-corrected chi connectivity index (χ4v) is 2.46. The number of carbonyl (C=O) groups is 1. The van der Waals surface area contributed by atoms with Crippen molar-refractivity contribution in [3.8, 4) is 0 Å². The molecule has 1 heterocycles. The van der Waals surface area contributed by atoms with Gasteiger partial charge in [-0.15, -0.1) is 0 Å². The van der Waals surface area contributed by atoms with Crippen molar-refractivity contribution in [1.82, 2.24) is 4.90 Å². The molecule has 1 amide bonds. The Bertz CT molecular complexity index is 442. The molecule has 0 N–H and O–H groups in total. The van der Waals surface area contributed by atoms with Crippen LogP contribution in [0.15, 0.2) is 35.5 Å². The van der Waals surface area contributed by atoms with Gasteiger partial charge in [-0.3, -0.25) is 0 Å². The van der Waals surface area contributed by atoms with Gasteiger partial charge in [0.2, 0.25) is 0 Å². The van der Waals surface area contributed by atoms with Crippen LogP contribution in [0.5, 0.6) is 0 Å². The number of nitroso groups, excluding NO2 is 1. The van der Waals surface area contributed by atoms with Gasteiger partial charge in [0.1, 0.15) is 6.61 Å². The predicted octanol–water partition coefficient (Wildman–Crippen LogP) is 3.19. The molecule has 1 aliphatic heterocycles. The zero-order valence-electron chi connectivity index (χ0n) is 11.7. The minimum atomic E-state index is -0.279. The monoisotopic (exact) mass is 276 g/mol. The summed E-state index contributed by atoms with van der Waals surface area (Å²) in [5.41, 5.74) is 0.981. The van der Waals surface area contributed by atoms with Crippen LogP contribution in [-0.4, -0.2) is 30.1 Å². The highest BCUT2D eigenvalue weighted by molar-refractivity contribution is 5.67. The molecule has 1 unspecified atom stereocenters. The summed E-state index contributed by atoms with van der Waals surface area (Å²) in [6.07, 6.45) is 1.35. The lowest BCUT2D eigenvalue weighted by Gasteiger charge is -2.32. The maximum absolute atomic E-state index is 11.9. The first-order valence-electron chi connectivity index (χ1n) is 6.99. The van der Waals surface area contributed by atoms with Gasteiger partial charge in [0.15, 0.2) is 0 Å². The lowest BCUT2D eigenvalue weighted by molar-refractivity contribution is 0.0804. The van der Waals surface area contributed by atoms with Gasteiger partial charge < -0.3 is 9.64 Å². The SMILES string of the molecule is CC(N=O)C1CCN(C(=O)OCc2ccccc2)CC1. The van der Waals surface area contributed by atoms with Crippen molar-refractivity contribution >= 4 is 6.09 Å². The summed E-state index contributed by atoms with van der Waals surface area (Å²) in [5, 5.41) is 3.07. The van der Waals surface area contributed by atoms with Crippen LogP contribution in [0, 0.1) is 10.8 Å². The molecule has 108 valence electrons. The number of ether oxygens (including phenoxy) is 1. The van der Waals surface area contributed by atoms with Crippen molar-refractivity contribution in [3.05, 3.63) is 40.8 Å². The van der Waals surface area contributed by atoms with Crippen LogP contribution in [0.2, 0.25) is 0 Å². The lowest BCUT2D eigenvalue weighted by atomic mass is 9.91. The topological polar surface area (TPSA) is 59.0 Å². The summed E-state index contributed by atoms with van der Waals surface area (Å²) in [6, 6.07) is 9.45. The first-order chi connectivity index (χ1) is 9.70. The van der Waals surface area contributed by atoms with E-state index in [1.54, 1.807) is 4.90 Å². The number of amides is 1. The lowest BCUT2D eigenvalue weighted by Crippen LogP contribution is -2.40. The molecule has 0 saturated carbocycles. The maximum Gasteiger partial charge on any atom is 0.410 e. The van der Waals surface area contributed by atoms with Crippen molar-refractivity contribution in [1.29, 1.82) is 0 Å². The molecule has 0 aliphatic carbocycles. The molecule has 1 aromatic carbocycles. The Labute approximate surface area is 118 Å². The van der Waals surface area contributed by atoms with E-state index in [0.717, 1.165) is 18.4 Å². The molecular formula is C15H20N2O3. The first kappa shape index (κ1) is 14.5. The van der Waals surface area contributed by atoms with E-state index in [4.69, 9.17) is 4.74 Å². The Balaban J connectivity index is 1.76. The molecule has 0 spiro atoms. The van der Waals surface area contributed by atoms with Crippen molar-refractivity contribution in [2.24, 2.45) is 11.1 Å². The van der Waals surface area contributed by atoms with Crippen molar-refractivity contribution in [2.75, 3.05) is 13.1 Å². The van der Waals surface area contributed by atoms with Gasteiger partial charge in [-0.2, -0.15) is 4.91 Å². The molecule has 0 radical (unpaired) electrons. The fourth-order valence-electron chi connectivity index (χ4n) is 2.46. The zero-order chi connectivity index (χ0) is 14.4.